The zero-order chi connectivity index (χ0) is 38.9. The number of nitrogens with zero attached hydrogens (tertiary/aromatic N) is 2. The Morgan fingerprint density at radius 2 is 1.27 bits per heavy atom. The third-order valence-electron chi connectivity index (χ3n) is 11.4. The number of hydrogen-bond acceptors (Lipinski definition) is 1. The molecule has 276 valence electrons. The van der Waals surface area contributed by atoms with Gasteiger partial charge in [-0.25, -0.2) is 4.99 Å². The van der Waals surface area contributed by atoms with Crippen LogP contribution in [-0.2, 0) is 17.4 Å². The number of benzene rings is 6. The lowest BCUT2D eigenvalue weighted by atomic mass is 9.79. The lowest BCUT2D eigenvalue weighted by Gasteiger charge is -2.24. The van der Waals surface area contributed by atoms with Gasteiger partial charge in [0.25, 0.3) is 0 Å². The second kappa shape index (κ2) is 15.2. The number of aliphatic imine (C=N–C) groups is 2. The summed E-state index contributed by atoms with van der Waals surface area (Å²) in [4.78, 5) is 10.3. The van der Waals surface area contributed by atoms with Crippen molar-refractivity contribution in [3.8, 4) is 33.4 Å². The van der Waals surface area contributed by atoms with Crippen molar-refractivity contribution >= 4 is 17.1 Å². The van der Waals surface area contributed by atoms with Crippen molar-refractivity contribution in [2.45, 2.75) is 64.8 Å². The average Bonchev–Trinajstić information content (AvgIpc) is 3.46. The van der Waals surface area contributed by atoms with Gasteiger partial charge in [0.1, 0.15) is 0 Å². The first kappa shape index (κ1) is 36.8. The van der Waals surface area contributed by atoms with Crippen molar-refractivity contribution < 1.29 is 0 Å². The molecule has 0 N–H and O–H groups in total. The molecule has 6 aromatic rings. The summed E-state index contributed by atoms with van der Waals surface area (Å²) < 4.78 is 0. The van der Waals surface area contributed by atoms with Crippen LogP contribution in [0.3, 0.4) is 0 Å². The molecule has 2 nitrogen and oxygen atoms in total. The van der Waals surface area contributed by atoms with Crippen LogP contribution in [0.4, 0.5) is 0 Å². The second-order valence-corrected chi connectivity index (χ2v) is 16.6. The summed E-state index contributed by atoms with van der Waals surface area (Å²) in [6, 6.07) is 52.3. The zero-order valence-electron chi connectivity index (χ0n) is 33.3. The van der Waals surface area contributed by atoms with Crippen LogP contribution >= 0.6 is 0 Å². The minimum absolute atomic E-state index is 0.0147. The number of rotatable bonds is 8. The van der Waals surface area contributed by atoms with E-state index >= 15 is 0 Å². The molecule has 8 rings (SSSR count). The standard InChI is InChI=1S/C54H50N2/c1-7-51(41-18-12-9-13-19-41)56-52(42-28-26-39(27-29-42)43-30-32-45(40-16-10-8-11-17-40)49(34-43)53(2,3)4)55-36-37-22-24-38(25-23-37)44-31-33-47-46-20-14-15-21-48(46)54(5,6)50(47)35-44/h7-13,15-19,21-35H,1,14,20,36H2,2-6H3. The van der Waals surface area contributed by atoms with Gasteiger partial charge in [-0.15, -0.1) is 0 Å². The number of fused-ring (bicyclic) bond motifs is 2. The van der Waals surface area contributed by atoms with Gasteiger partial charge in [-0.1, -0.05) is 193 Å². The molecule has 0 radical (unpaired) electrons. The molecule has 0 aromatic heterocycles. The first-order chi connectivity index (χ1) is 27.1. The predicted octanol–water partition coefficient (Wildman–Crippen LogP) is 14.0. The maximum atomic E-state index is 5.15. The zero-order valence-corrected chi connectivity index (χ0v) is 33.3. The summed E-state index contributed by atoms with van der Waals surface area (Å²) in [5, 5.41) is 0. The lowest BCUT2D eigenvalue weighted by molar-refractivity contribution is 0.592. The van der Waals surface area contributed by atoms with Crippen LogP contribution in [-0.4, -0.2) is 11.5 Å². The lowest BCUT2D eigenvalue weighted by Crippen LogP contribution is -2.16. The van der Waals surface area contributed by atoms with Gasteiger partial charge in [0, 0.05) is 16.5 Å². The highest BCUT2D eigenvalue weighted by atomic mass is 14.9. The van der Waals surface area contributed by atoms with Crippen LogP contribution in [0.1, 0.15) is 80.8 Å². The van der Waals surface area contributed by atoms with E-state index in [0.717, 1.165) is 40.8 Å². The fraction of sp³-hybridized carbons (Fsp3) is 0.185. The normalized spacial score (nSPS) is 15.1. The average molecular weight is 727 g/mol. The van der Waals surface area contributed by atoms with Gasteiger partial charge in [-0.3, -0.25) is 4.99 Å². The van der Waals surface area contributed by atoms with Crippen LogP contribution in [0.15, 0.2) is 186 Å². The molecule has 2 aliphatic carbocycles. The van der Waals surface area contributed by atoms with Gasteiger partial charge in [0.05, 0.1) is 12.3 Å². The van der Waals surface area contributed by atoms with Crippen molar-refractivity contribution in [3.63, 3.8) is 0 Å². The van der Waals surface area contributed by atoms with Crippen LogP contribution in [0.5, 0.6) is 0 Å². The third-order valence-corrected chi connectivity index (χ3v) is 11.4. The van der Waals surface area contributed by atoms with E-state index in [4.69, 9.17) is 9.98 Å². The molecule has 0 bridgehead atoms. The fourth-order valence-corrected chi connectivity index (χ4v) is 8.32. The highest BCUT2D eigenvalue weighted by Crippen LogP contribution is 2.50. The molecule has 56 heavy (non-hydrogen) atoms. The number of allylic oxidation sites excluding steroid dienone is 5. The largest absolute Gasteiger partial charge is 0.261 e. The number of amidine groups is 1. The molecule has 0 unspecified atom stereocenters. The summed E-state index contributed by atoms with van der Waals surface area (Å²) in [7, 11) is 0. The Labute approximate surface area is 333 Å². The van der Waals surface area contributed by atoms with E-state index in [2.05, 4.69) is 181 Å². The summed E-state index contributed by atoms with van der Waals surface area (Å²) >= 11 is 0. The Morgan fingerprint density at radius 3 is 1.93 bits per heavy atom. The van der Waals surface area contributed by atoms with Gasteiger partial charge in [0.2, 0.25) is 0 Å². The van der Waals surface area contributed by atoms with E-state index in [1.807, 2.05) is 24.3 Å². The van der Waals surface area contributed by atoms with Gasteiger partial charge in [-0.2, -0.15) is 0 Å². The molecule has 0 saturated heterocycles. The van der Waals surface area contributed by atoms with E-state index in [1.54, 1.807) is 0 Å². The monoisotopic (exact) mass is 726 g/mol. The first-order valence-electron chi connectivity index (χ1n) is 19.9. The van der Waals surface area contributed by atoms with Gasteiger partial charge < -0.3 is 0 Å². The van der Waals surface area contributed by atoms with Crippen molar-refractivity contribution in [1.82, 2.24) is 0 Å². The maximum absolute atomic E-state index is 5.15. The molecule has 0 spiro atoms. The van der Waals surface area contributed by atoms with Gasteiger partial charge in [-0.05, 0) is 97.2 Å². The quantitative estimate of drug-likeness (QED) is 0.110. The van der Waals surface area contributed by atoms with Crippen LogP contribution in [0, 0.1) is 0 Å². The summed E-state index contributed by atoms with van der Waals surface area (Å²) in [5.41, 5.74) is 18.4. The highest BCUT2D eigenvalue weighted by molar-refractivity contribution is 6.16. The molecular formula is C54H50N2. The molecule has 2 heteroatoms. The van der Waals surface area contributed by atoms with Gasteiger partial charge in [0.15, 0.2) is 5.84 Å². The molecular weight excluding hydrogens is 677 g/mol. The van der Waals surface area contributed by atoms with Crippen molar-refractivity contribution in [2.24, 2.45) is 9.98 Å². The maximum Gasteiger partial charge on any atom is 0.155 e. The first-order valence-corrected chi connectivity index (χ1v) is 19.9. The summed E-state index contributed by atoms with van der Waals surface area (Å²) in [6.07, 6.45) is 8.76. The van der Waals surface area contributed by atoms with Crippen molar-refractivity contribution in [1.29, 1.82) is 0 Å². The minimum Gasteiger partial charge on any atom is -0.261 e. The van der Waals surface area contributed by atoms with Gasteiger partial charge >= 0.3 is 0 Å². The fourth-order valence-electron chi connectivity index (χ4n) is 8.32. The van der Waals surface area contributed by atoms with E-state index in [1.165, 1.54) is 55.7 Å². The summed E-state index contributed by atoms with van der Waals surface area (Å²) in [5.74, 6) is 0.681. The molecule has 6 aromatic carbocycles. The van der Waals surface area contributed by atoms with E-state index < -0.39 is 0 Å². The Morgan fingerprint density at radius 1 is 0.661 bits per heavy atom. The second-order valence-electron chi connectivity index (χ2n) is 16.6. The van der Waals surface area contributed by atoms with Crippen LogP contribution in [0.2, 0.25) is 0 Å². The molecule has 0 saturated carbocycles. The van der Waals surface area contributed by atoms with Crippen LogP contribution in [0.25, 0.3) is 39.0 Å². The SMILES string of the molecule is C=CC(=NC(=NCc1ccc(-c2ccc3c(c2)C(C)(C)C2=C3CCC=C2)cc1)c1ccc(-c2ccc(-c3ccccc3)c(C(C)(C)C)c2)cc1)c1ccccc1. The Kier molecular flexibility index (Phi) is 9.99. The Balaban J connectivity index is 1.09. The van der Waals surface area contributed by atoms with E-state index in [-0.39, 0.29) is 10.8 Å². The molecule has 0 amide bonds. The van der Waals surface area contributed by atoms with Crippen molar-refractivity contribution in [2.75, 3.05) is 0 Å². The Bertz CT molecular complexity index is 2520. The topological polar surface area (TPSA) is 24.7 Å². The van der Waals surface area contributed by atoms with E-state index in [0.29, 0.717) is 12.4 Å². The van der Waals surface area contributed by atoms with E-state index in [9.17, 15) is 0 Å². The molecule has 0 fully saturated rings. The summed E-state index contributed by atoms with van der Waals surface area (Å²) in [6.45, 7) is 16.2. The number of hydrogen-bond donors (Lipinski definition) is 0. The molecule has 0 heterocycles. The predicted molar refractivity (Wildman–Crippen MR) is 240 cm³/mol. The van der Waals surface area contributed by atoms with Crippen LogP contribution < -0.4 is 0 Å². The highest BCUT2D eigenvalue weighted by Gasteiger charge is 2.37. The minimum atomic E-state index is -0.0147. The smallest absolute Gasteiger partial charge is 0.155 e. The molecule has 0 atom stereocenters. The van der Waals surface area contributed by atoms with Crippen molar-refractivity contribution in [3.05, 3.63) is 209 Å². The third kappa shape index (κ3) is 7.32. The molecule has 0 aliphatic heterocycles. The molecule has 2 aliphatic rings. The Hall–Kier alpha value is -6.12.